The molecular formula is C50H50Cl2Zr2-4. The van der Waals surface area contributed by atoms with Gasteiger partial charge in [-0.05, 0) is 36.8 Å². The second kappa shape index (κ2) is 20.9. The van der Waals surface area contributed by atoms with Crippen LogP contribution in [0.25, 0.3) is 33.4 Å². The molecule has 0 radical (unpaired) electrons. The third-order valence-electron chi connectivity index (χ3n) is 11.2. The summed E-state index contributed by atoms with van der Waals surface area (Å²) in [6, 6.07) is 29.4. The van der Waals surface area contributed by atoms with E-state index in [1.54, 1.807) is 54.9 Å². The molecule has 6 aliphatic rings. The van der Waals surface area contributed by atoms with E-state index in [0.717, 1.165) is 25.7 Å². The molecule has 0 atom stereocenters. The monoisotopic (exact) mass is 900 g/mol. The number of benzene rings is 4. The summed E-state index contributed by atoms with van der Waals surface area (Å²) in [4.78, 5) is 0. The van der Waals surface area contributed by atoms with Crippen LogP contribution in [-0.4, -0.2) is 6.41 Å². The molecule has 2 fully saturated rings. The second-order valence-electron chi connectivity index (χ2n) is 15.1. The van der Waals surface area contributed by atoms with Crippen molar-refractivity contribution in [3.05, 3.63) is 154 Å². The van der Waals surface area contributed by atoms with Crippen LogP contribution in [0.3, 0.4) is 0 Å². The van der Waals surface area contributed by atoms with Crippen molar-refractivity contribution < 1.29 is 73.3 Å². The Morgan fingerprint density at radius 3 is 1.22 bits per heavy atom. The summed E-state index contributed by atoms with van der Waals surface area (Å²) in [5, 5.41) is 0. The number of allylic oxidation sites excluding steroid dienone is 8. The first-order chi connectivity index (χ1) is 25.4. The molecule has 0 nitrogen and oxygen atoms in total. The fourth-order valence-electron chi connectivity index (χ4n) is 8.29. The van der Waals surface area contributed by atoms with Crippen LogP contribution in [0.4, 0.5) is 0 Å². The van der Waals surface area contributed by atoms with Gasteiger partial charge in [0.05, 0.1) is 0 Å². The first-order valence-electron chi connectivity index (χ1n) is 19.6. The van der Waals surface area contributed by atoms with E-state index in [0.29, 0.717) is 0 Å². The molecule has 0 amide bonds. The normalized spacial score (nSPS) is 16.6. The van der Waals surface area contributed by atoms with Crippen molar-refractivity contribution in [1.82, 2.24) is 0 Å². The van der Waals surface area contributed by atoms with Crippen molar-refractivity contribution in [3.63, 3.8) is 0 Å². The summed E-state index contributed by atoms with van der Waals surface area (Å²) >= 11 is 3.38. The molecule has 276 valence electrons. The molecule has 4 heteroatoms. The second-order valence-corrected chi connectivity index (χ2v) is 18.6. The molecule has 10 rings (SSSR count). The minimum atomic E-state index is 0. The summed E-state index contributed by atoms with van der Waals surface area (Å²) in [6.07, 6.45) is 31.9. The van der Waals surface area contributed by atoms with Gasteiger partial charge in [0.15, 0.2) is 0 Å². The third-order valence-corrected chi connectivity index (χ3v) is 13.6. The van der Waals surface area contributed by atoms with Crippen molar-refractivity contribution in [3.8, 4) is 22.3 Å². The Labute approximate surface area is 367 Å². The van der Waals surface area contributed by atoms with Gasteiger partial charge >= 0.3 is 119 Å². The molecule has 4 aromatic rings. The summed E-state index contributed by atoms with van der Waals surface area (Å²) in [7, 11) is 0. The van der Waals surface area contributed by atoms with Crippen molar-refractivity contribution in [2.45, 2.75) is 104 Å². The van der Waals surface area contributed by atoms with Gasteiger partial charge in [0.25, 0.3) is 0 Å². The van der Waals surface area contributed by atoms with Crippen molar-refractivity contribution in [2.24, 2.45) is 0 Å². The number of hydrogen-bond donors (Lipinski definition) is 0. The van der Waals surface area contributed by atoms with Crippen LogP contribution in [0.1, 0.15) is 122 Å². The van der Waals surface area contributed by atoms with Crippen LogP contribution < -0.4 is 24.8 Å². The van der Waals surface area contributed by atoms with E-state index in [4.69, 9.17) is 0 Å². The molecule has 54 heavy (non-hydrogen) atoms. The van der Waals surface area contributed by atoms with Gasteiger partial charge in [0.1, 0.15) is 0 Å². The van der Waals surface area contributed by atoms with Crippen LogP contribution in [0, 0.1) is 26.0 Å². The molecule has 2 saturated carbocycles. The fraction of sp³-hybridized carbons (Fsp3) is 0.320. The number of aryl methyl sites for hydroxylation is 2. The van der Waals surface area contributed by atoms with Gasteiger partial charge in [-0.1, -0.05) is 109 Å². The Kier molecular flexibility index (Phi) is 16.7. The van der Waals surface area contributed by atoms with Gasteiger partial charge in [-0.25, -0.2) is 0 Å². The van der Waals surface area contributed by atoms with E-state index in [1.165, 1.54) is 142 Å². The molecule has 0 aromatic heterocycles. The summed E-state index contributed by atoms with van der Waals surface area (Å²) < 4.78 is 3.61. The first kappa shape index (κ1) is 43.1. The number of halogens is 2. The fourth-order valence-corrected chi connectivity index (χ4v) is 10.0. The van der Waals surface area contributed by atoms with Crippen LogP contribution in [0.2, 0.25) is 0 Å². The zero-order valence-corrected chi connectivity index (χ0v) is 38.3. The number of fused-ring (bicyclic) bond motifs is 6. The van der Waals surface area contributed by atoms with Crippen LogP contribution >= 0.6 is 0 Å². The average Bonchev–Trinajstić information content (AvgIpc) is 4.00. The molecule has 0 saturated heterocycles. The quantitative estimate of drug-likeness (QED) is 0.169. The summed E-state index contributed by atoms with van der Waals surface area (Å²) in [5.74, 6) is 0. The van der Waals surface area contributed by atoms with E-state index in [2.05, 4.69) is 123 Å². The summed E-state index contributed by atoms with van der Waals surface area (Å²) in [5.41, 5.74) is 19.2. The molecular weight excluding hydrogens is 854 g/mol. The van der Waals surface area contributed by atoms with Crippen LogP contribution in [-0.2, 0) is 61.3 Å². The predicted octanol–water partition coefficient (Wildman–Crippen LogP) is 6.77. The van der Waals surface area contributed by atoms with Crippen molar-refractivity contribution in [1.29, 1.82) is 0 Å². The molecule has 6 aliphatic carbocycles. The third kappa shape index (κ3) is 10.7. The standard InChI is InChI=1S/2C19H15.2C6H10.2ClH.2Zr/c2*1-13-10-19-16(11-15-8-4-5-9-17(15)19)12-18(13)14-6-2-3-7-14;2*1-2-4-6-5-3-1;;;;/h2*2-6,8-10H,7,11H2,1H3;2*1-5H2;2*1H;;/q2*-1;;;;;;/p-2. The predicted molar refractivity (Wildman–Crippen MR) is 216 cm³/mol. The Hall–Kier alpha value is -2.07. The van der Waals surface area contributed by atoms with E-state index in [-0.39, 0.29) is 24.8 Å². The Balaban J connectivity index is 0.000000150. The van der Waals surface area contributed by atoms with Gasteiger partial charge in [0, 0.05) is 0 Å². The SMILES string of the molecule is Cc1cc2c([c-]c1C1=CC=CC1)Cc1ccccc1-2.Cc1cc2c([c-]c1C1=CC=CC1)Cc1ccccc1-2.[Cl-].[Cl-].[Zr]=[C]1CCCCC1.[Zr]=[C]1CCCCC1. The zero-order chi connectivity index (χ0) is 35.9. The molecule has 0 aliphatic heterocycles. The van der Waals surface area contributed by atoms with Crippen LogP contribution in [0.15, 0.2) is 97.1 Å². The number of hydrogen-bond acceptors (Lipinski definition) is 0. The Morgan fingerprint density at radius 2 is 0.889 bits per heavy atom. The average molecular weight is 904 g/mol. The first-order valence-corrected chi connectivity index (χ1v) is 22.0. The number of rotatable bonds is 2. The van der Waals surface area contributed by atoms with E-state index in [9.17, 15) is 0 Å². The van der Waals surface area contributed by atoms with Crippen LogP contribution in [0.5, 0.6) is 0 Å². The molecule has 0 bridgehead atoms. The topological polar surface area (TPSA) is 0 Å². The zero-order valence-electron chi connectivity index (χ0n) is 31.9. The van der Waals surface area contributed by atoms with Gasteiger partial charge in [-0.3, -0.25) is 0 Å². The molecule has 0 N–H and O–H groups in total. The maximum absolute atomic E-state index is 3.67. The van der Waals surface area contributed by atoms with Gasteiger partial charge < -0.3 is 24.8 Å². The van der Waals surface area contributed by atoms with Gasteiger partial charge in [0.2, 0.25) is 0 Å². The van der Waals surface area contributed by atoms with Crippen molar-refractivity contribution in [2.75, 3.05) is 0 Å². The Morgan fingerprint density at radius 1 is 0.500 bits per heavy atom. The maximum atomic E-state index is 3.67. The summed E-state index contributed by atoms with van der Waals surface area (Å²) in [6.45, 7) is 4.40. The van der Waals surface area contributed by atoms with E-state index < -0.39 is 0 Å². The van der Waals surface area contributed by atoms with E-state index >= 15 is 0 Å². The minimum absolute atomic E-state index is 0. The van der Waals surface area contributed by atoms with Gasteiger partial charge in [-0.15, -0.1) is 80.9 Å². The molecule has 0 unspecified atom stereocenters. The molecule has 0 spiro atoms. The van der Waals surface area contributed by atoms with E-state index in [1.807, 2.05) is 0 Å². The molecule has 0 heterocycles. The van der Waals surface area contributed by atoms with Crippen molar-refractivity contribution >= 4 is 17.6 Å². The van der Waals surface area contributed by atoms with Gasteiger partial charge in [-0.2, -0.15) is 0 Å². The Bertz CT molecular complexity index is 1940. The molecule has 4 aromatic carbocycles.